The summed E-state index contributed by atoms with van der Waals surface area (Å²) in [4.78, 5) is 17.7. The molecule has 1 aromatic rings. The Bertz CT molecular complexity index is 589. The van der Waals surface area contributed by atoms with Crippen molar-refractivity contribution in [3.8, 4) is 5.75 Å². The second kappa shape index (κ2) is 10.1. The van der Waals surface area contributed by atoms with Gasteiger partial charge in [0.2, 0.25) is 0 Å². The zero-order valence-electron chi connectivity index (χ0n) is 14.4. The van der Waals surface area contributed by atoms with Crippen molar-refractivity contribution in [2.75, 3.05) is 32.8 Å². The molecule has 1 saturated heterocycles. The summed E-state index contributed by atoms with van der Waals surface area (Å²) in [6.45, 7) is 4.47. The number of rotatable bonds is 6. The van der Waals surface area contributed by atoms with Crippen LogP contribution in [0.3, 0.4) is 0 Å². The van der Waals surface area contributed by atoms with Crippen molar-refractivity contribution in [2.45, 2.75) is 25.8 Å². The van der Waals surface area contributed by atoms with Crippen molar-refractivity contribution in [2.24, 2.45) is 10.7 Å². The lowest BCUT2D eigenvalue weighted by Gasteiger charge is -2.31. The SMILES string of the molecule is CCOC(=O)N1CCC(NC(N)=NCCOc2cccc(Br)c2)CC1. The highest BCUT2D eigenvalue weighted by molar-refractivity contribution is 9.10. The Morgan fingerprint density at radius 3 is 2.88 bits per heavy atom. The van der Waals surface area contributed by atoms with Gasteiger partial charge in [0.1, 0.15) is 12.4 Å². The van der Waals surface area contributed by atoms with Crippen LogP contribution < -0.4 is 15.8 Å². The molecule has 1 aromatic carbocycles. The molecular weight excluding hydrogens is 388 g/mol. The molecule has 0 bridgehead atoms. The second-order valence-electron chi connectivity index (χ2n) is 5.68. The zero-order chi connectivity index (χ0) is 18.1. The average molecular weight is 413 g/mol. The van der Waals surface area contributed by atoms with E-state index in [2.05, 4.69) is 26.2 Å². The standard InChI is InChI=1S/C17H25BrN4O3/c1-2-24-17(23)22-9-6-14(7-10-22)21-16(19)20-8-11-25-15-5-3-4-13(18)12-15/h3-5,12,14H,2,6-11H2,1H3,(H3,19,20,21). The minimum absolute atomic E-state index is 0.223. The molecule has 0 unspecified atom stereocenters. The van der Waals surface area contributed by atoms with Crippen LogP contribution in [0.1, 0.15) is 19.8 Å². The van der Waals surface area contributed by atoms with Gasteiger partial charge in [-0.05, 0) is 38.0 Å². The number of ether oxygens (including phenoxy) is 2. The van der Waals surface area contributed by atoms with Gasteiger partial charge >= 0.3 is 6.09 Å². The molecule has 138 valence electrons. The van der Waals surface area contributed by atoms with Crippen molar-refractivity contribution in [1.82, 2.24) is 10.2 Å². The number of halogens is 1. The highest BCUT2D eigenvalue weighted by Gasteiger charge is 2.23. The molecule has 0 atom stereocenters. The first kappa shape index (κ1) is 19.4. The molecule has 25 heavy (non-hydrogen) atoms. The second-order valence-corrected chi connectivity index (χ2v) is 6.59. The van der Waals surface area contributed by atoms with Crippen LogP contribution in [0.15, 0.2) is 33.7 Å². The molecule has 3 N–H and O–H groups in total. The normalized spacial score (nSPS) is 15.8. The monoisotopic (exact) mass is 412 g/mol. The Morgan fingerprint density at radius 1 is 1.44 bits per heavy atom. The number of guanidine groups is 1. The first-order chi connectivity index (χ1) is 12.1. The van der Waals surface area contributed by atoms with E-state index in [1.54, 1.807) is 4.90 Å². The van der Waals surface area contributed by atoms with Crippen molar-refractivity contribution in [3.63, 3.8) is 0 Å². The minimum Gasteiger partial charge on any atom is -0.492 e. The van der Waals surface area contributed by atoms with Crippen molar-refractivity contribution in [3.05, 3.63) is 28.7 Å². The summed E-state index contributed by atoms with van der Waals surface area (Å²) >= 11 is 3.40. The fourth-order valence-electron chi connectivity index (χ4n) is 2.56. The predicted octanol–water partition coefficient (Wildman–Crippen LogP) is 2.35. The molecule has 0 saturated carbocycles. The van der Waals surface area contributed by atoms with E-state index in [0.29, 0.717) is 38.8 Å². The molecule has 8 heteroatoms. The number of carbonyl (C=O) groups excluding carboxylic acids is 1. The van der Waals surface area contributed by atoms with Crippen LogP contribution in [-0.2, 0) is 4.74 Å². The molecule has 0 aromatic heterocycles. The van der Waals surface area contributed by atoms with E-state index in [9.17, 15) is 4.79 Å². The van der Waals surface area contributed by atoms with Gasteiger partial charge in [-0.3, -0.25) is 0 Å². The summed E-state index contributed by atoms with van der Waals surface area (Å²) in [7, 11) is 0. The number of carbonyl (C=O) groups is 1. The average Bonchev–Trinajstić information content (AvgIpc) is 2.60. The maximum Gasteiger partial charge on any atom is 0.409 e. The third-order valence-electron chi connectivity index (χ3n) is 3.81. The van der Waals surface area contributed by atoms with Gasteiger partial charge in [0.15, 0.2) is 5.96 Å². The number of nitrogens with one attached hydrogen (secondary N) is 1. The van der Waals surface area contributed by atoms with Crippen molar-refractivity contribution in [1.29, 1.82) is 0 Å². The Morgan fingerprint density at radius 2 is 2.20 bits per heavy atom. The molecule has 1 amide bonds. The van der Waals surface area contributed by atoms with Crippen LogP contribution in [0, 0.1) is 0 Å². The summed E-state index contributed by atoms with van der Waals surface area (Å²) in [5.74, 6) is 1.20. The number of amides is 1. The van der Waals surface area contributed by atoms with Crippen LogP contribution in [-0.4, -0.2) is 55.8 Å². The Kier molecular flexibility index (Phi) is 7.84. The van der Waals surface area contributed by atoms with E-state index in [1.165, 1.54) is 0 Å². The zero-order valence-corrected chi connectivity index (χ0v) is 16.0. The number of hydrogen-bond donors (Lipinski definition) is 2. The van der Waals surface area contributed by atoms with E-state index in [0.717, 1.165) is 23.1 Å². The Labute approximate surface area is 156 Å². The van der Waals surface area contributed by atoms with Crippen LogP contribution >= 0.6 is 15.9 Å². The first-order valence-corrected chi connectivity index (χ1v) is 9.24. The van der Waals surface area contributed by atoms with E-state index in [-0.39, 0.29) is 12.1 Å². The fraction of sp³-hybridized carbons (Fsp3) is 0.529. The molecule has 1 aliphatic rings. The number of piperidine rings is 1. The third-order valence-corrected chi connectivity index (χ3v) is 4.30. The fourth-order valence-corrected chi connectivity index (χ4v) is 2.94. The van der Waals surface area contributed by atoms with E-state index >= 15 is 0 Å². The number of aliphatic imine (C=N–C) groups is 1. The highest BCUT2D eigenvalue weighted by atomic mass is 79.9. The molecule has 2 rings (SSSR count). The Balaban J connectivity index is 1.65. The molecule has 1 aliphatic heterocycles. The van der Waals surface area contributed by atoms with Gasteiger partial charge in [-0.25, -0.2) is 9.79 Å². The van der Waals surface area contributed by atoms with Crippen LogP contribution in [0.2, 0.25) is 0 Å². The van der Waals surface area contributed by atoms with E-state index in [4.69, 9.17) is 15.2 Å². The molecule has 1 fully saturated rings. The number of benzene rings is 1. The van der Waals surface area contributed by atoms with Crippen LogP contribution in [0.4, 0.5) is 4.79 Å². The smallest absolute Gasteiger partial charge is 0.409 e. The van der Waals surface area contributed by atoms with Gasteiger partial charge in [0.05, 0.1) is 13.2 Å². The Hall–Kier alpha value is -1.96. The molecule has 7 nitrogen and oxygen atoms in total. The largest absolute Gasteiger partial charge is 0.492 e. The van der Waals surface area contributed by atoms with Crippen molar-refractivity contribution >= 4 is 28.0 Å². The van der Waals surface area contributed by atoms with Crippen LogP contribution in [0.25, 0.3) is 0 Å². The van der Waals surface area contributed by atoms with Gasteiger partial charge in [0.25, 0.3) is 0 Å². The van der Waals surface area contributed by atoms with Gasteiger partial charge in [-0.2, -0.15) is 0 Å². The molecular formula is C17H25BrN4O3. The quantitative estimate of drug-likeness (QED) is 0.425. The predicted molar refractivity (Wildman–Crippen MR) is 101 cm³/mol. The highest BCUT2D eigenvalue weighted by Crippen LogP contribution is 2.17. The summed E-state index contributed by atoms with van der Waals surface area (Å²) in [6.07, 6.45) is 1.40. The van der Waals surface area contributed by atoms with Gasteiger partial charge in [-0.15, -0.1) is 0 Å². The van der Waals surface area contributed by atoms with Gasteiger partial charge in [-0.1, -0.05) is 22.0 Å². The lowest BCUT2D eigenvalue weighted by Crippen LogP contribution is -2.48. The summed E-state index contributed by atoms with van der Waals surface area (Å²) in [5.41, 5.74) is 5.92. The maximum absolute atomic E-state index is 11.7. The lowest BCUT2D eigenvalue weighted by atomic mass is 10.1. The molecule has 0 aliphatic carbocycles. The first-order valence-electron chi connectivity index (χ1n) is 8.45. The number of hydrogen-bond acceptors (Lipinski definition) is 4. The molecule has 0 spiro atoms. The molecule has 0 radical (unpaired) electrons. The lowest BCUT2D eigenvalue weighted by molar-refractivity contribution is 0.0963. The van der Waals surface area contributed by atoms with Crippen LogP contribution in [0.5, 0.6) is 5.75 Å². The number of likely N-dealkylation sites (tertiary alicyclic amines) is 1. The maximum atomic E-state index is 11.7. The minimum atomic E-state index is -0.243. The molecule has 1 heterocycles. The summed E-state index contributed by atoms with van der Waals surface area (Å²) < 4.78 is 11.6. The van der Waals surface area contributed by atoms with E-state index in [1.807, 2.05) is 31.2 Å². The van der Waals surface area contributed by atoms with Gasteiger partial charge in [0, 0.05) is 23.6 Å². The van der Waals surface area contributed by atoms with E-state index < -0.39 is 0 Å². The van der Waals surface area contributed by atoms with Crippen molar-refractivity contribution < 1.29 is 14.3 Å². The van der Waals surface area contributed by atoms with Gasteiger partial charge < -0.3 is 25.4 Å². The number of nitrogens with zero attached hydrogens (tertiary/aromatic N) is 2. The number of nitrogens with two attached hydrogens (primary N) is 1. The summed E-state index contributed by atoms with van der Waals surface area (Å²) in [5, 5.41) is 3.20. The summed E-state index contributed by atoms with van der Waals surface area (Å²) in [6, 6.07) is 7.89. The topological polar surface area (TPSA) is 89.2 Å². The third kappa shape index (κ3) is 6.81.